The molecule has 22 heteroatoms. The van der Waals surface area contributed by atoms with Crippen molar-refractivity contribution >= 4 is 53.2 Å². The Morgan fingerprint density at radius 2 is 1.46 bits per heavy atom. The SMILES string of the molecule is CC(=O)OC[C@H]1O[C@@H](Sc2ccc(NC(=O)CCC(=O)OC[C@H]3O[C@@H](n4ccc(=O)[nH]c4=O)[C@@H]4OC(C)(C)O[C@@H]43)cn2)[C@H](OC(C)=O)[C@@H](OC(C)=O)[C@@H]1OC(C)=O. The molecule has 3 aliphatic heterocycles. The number of carbonyl (C=O) groups is 6. The number of esters is 5. The minimum atomic E-state index is -1.35. The second-order valence-corrected chi connectivity index (χ2v) is 14.6. The number of nitrogens with zero attached hydrogens (tertiary/aromatic N) is 2. The summed E-state index contributed by atoms with van der Waals surface area (Å²) in [5, 5.41) is 2.93. The minimum Gasteiger partial charge on any atom is -0.463 e. The smallest absolute Gasteiger partial charge is 0.330 e. The van der Waals surface area contributed by atoms with Gasteiger partial charge in [-0.05, 0) is 26.0 Å². The van der Waals surface area contributed by atoms with E-state index in [0.717, 1.165) is 43.2 Å². The summed E-state index contributed by atoms with van der Waals surface area (Å²) in [7, 11) is 0. The van der Waals surface area contributed by atoms with E-state index >= 15 is 0 Å². The maximum atomic E-state index is 12.7. The monoisotopic (exact) mass is 822 g/mol. The first-order chi connectivity index (χ1) is 26.9. The van der Waals surface area contributed by atoms with Gasteiger partial charge < -0.3 is 47.9 Å². The Kier molecular flexibility index (Phi) is 13.9. The van der Waals surface area contributed by atoms with Gasteiger partial charge in [-0.3, -0.25) is 43.1 Å². The van der Waals surface area contributed by atoms with Crippen LogP contribution in [-0.2, 0) is 71.4 Å². The lowest BCUT2D eigenvalue weighted by Crippen LogP contribution is -2.61. The van der Waals surface area contributed by atoms with Crippen LogP contribution in [0, 0.1) is 0 Å². The molecule has 2 aromatic rings. The Labute approximate surface area is 328 Å². The van der Waals surface area contributed by atoms with E-state index in [1.54, 1.807) is 13.8 Å². The molecule has 1 amide bonds. The highest BCUT2D eigenvalue weighted by Gasteiger charge is 2.56. The predicted molar refractivity (Wildman–Crippen MR) is 190 cm³/mol. The maximum Gasteiger partial charge on any atom is 0.330 e. The minimum absolute atomic E-state index is 0.250. The topological polar surface area (TPSA) is 265 Å². The third kappa shape index (κ3) is 11.5. The molecule has 2 N–H and O–H groups in total. The number of anilines is 1. The van der Waals surface area contributed by atoms with E-state index in [9.17, 15) is 38.4 Å². The number of carbonyl (C=O) groups excluding carboxylic acids is 6. The van der Waals surface area contributed by atoms with Gasteiger partial charge in [0.2, 0.25) is 5.91 Å². The summed E-state index contributed by atoms with van der Waals surface area (Å²) in [6.45, 7) is 7.24. The van der Waals surface area contributed by atoms with Crippen molar-refractivity contribution in [2.24, 2.45) is 0 Å². The summed E-state index contributed by atoms with van der Waals surface area (Å²) in [5.41, 5.74) is -2.13. The second kappa shape index (κ2) is 18.4. The first-order valence-corrected chi connectivity index (χ1v) is 18.5. The number of hydrogen-bond donors (Lipinski definition) is 2. The third-order valence-electron chi connectivity index (χ3n) is 8.42. The van der Waals surface area contributed by atoms with Crippen molar-refractivity contribution in [3.05, 3.63) is 51.4 Å². The molecule has 0 radical (unpaired) electrons. The Bertz CT molecular complexity index is 1950. The molecule has 3 fully saturated rings. The molecule has 9 atom stereocenters. The highest BCUT2D eigenvalue weighted by molar-refractivity contribution is 7.99. The normalized spacial score (nSPS) is 27.4. The van der Waals surface area contributed by atoms with E-state index in [1.165, 1.54) is 31.5 Å². The number of hydrogen-bond acceptors (Lipinski definition) is 19. The fraction of sp³-hybridized carbons (Fsp3) is 0.571. The van der Waals surface area contributed by atoms with Crippen LogP contribution in [0.5, 0.6) is 0 Å². The molecule has 3 saturated heterocycles. The highest BCUT2D eigenvalue weighted by Crippen LogP contribution is 2.43. The molecule has 5 heterocycles. The van der Waals surface area contributed by atoms with Crippen molar-refractivity contribution in [2.45, 2.75) is 120 Å². The summed E-state index contributed by atoms with van der Waals surface area (Å²) in [6.07, 6.45) is -6.29. The van der Waals surface area contributed by atoms with Gasteiger partial charge in [0.1, 0.15) is 37.6 Å². The Hall–Kier alpha value is -5.16. The van der Waals surface area contributed by atoms with Crippen LogP contribution in [0.2, 0.25) is 0 Å². The summed E-state index contributed by atoms with van der Waals surface area (Å²) >= 11 is 0.953. The fourth-order valence-electron chi connectivity index (χ4n) is 6.26. The van der Waals surface area contributed by atoms with Crippen molar-refractivity contribution in [3.63, 3.8) is 0 Å². The van der Waals surface area contributed by atoms with Crippen molar-refractivity contribution in [1.29, 1.82) is 0 Å². The average Bonchev–Trinajstić information content (AvgIpc) is 3.60. The van der Waals surface area contributed by atoms with Crippen LogP contribution < -0.4 is 16.6 Å². The summed E-state index contributed by atoms with van der Waals surface area (Å²) in [6, 6.07) is 4.19. The molecule has 57 heavy (non-hydrogen) atoms. The van der Waals surface area contributed by atoms with Crippen molar-refractivity contribution in [2.75, 3.05) is 18.5 Å². The van der Waals surface area contributed by atoms with Crippen molar-refractivity contribution in [3.8, 4) is 0 Å². The standard InChI is InChI=1S/C35H42N4O17S/c1-16(40)48-14-21-27(50-17(2)41)29(51-18(3)42)31(52-19(4)43)33(54-21)57-25-9-7-20(13-36-25)37-23(44)8-10-26(46)49-15-22-28-30(56-35(5,6)55-28)32(53-22)39-12-11-24(45)38-34(39)47/h7,9,11-13,21-22,27-33H,8,10,14-15H2,1-6H3,(H,37,44)(H,38,45,47)/t21-,22-,27-,28-,29+,30-,31-,32-,33+/m1/s1. The zero-order valence-electron chi connectivity index (χ0n) is 31.7. The van der Waals surface area contributed by atoms with Gasteiger partial charge >= 0.3 is 35.5 Å². The van der Waals surface area contributed by atoms with Crippen molar-refractivity contribution < 1.29 is 71.4 Å². The van der Waals surface area contributed by atoms with E-state index in [0.29, 0.717) is 5.03 Å². The van der Waals surface area contributed by atoms with Crippen LogP contribution in [0.25, 0.3) is 0 Å². The fourth-order valence-corrected chi connectivity index (χ4v) is 7.30. The lowest BCUT2D eigenvalue weighted by molar-refractivity contribution is -0.237. The van der Waals surface area contributed by atoms with Crippen LogP contribution in [0.15, 0.2) is 45.2 Å². The predicted octanol–water partition coefficient (Wildman–Crippen LogP) is 0.486. The Morgan fingerprint density at radius 1 is 0.807 bits per heavy atom. The second-order valence-electron chi connectivity index (χ2n) is 13.4. The number of aromatic nitrogens is 3. The van der Waals surface area contributed by atoms with Crippen LogP contribution in [0.4, 0.5) is 5.69 Å². The number of pyridine rings is 1. The largest absolute Gasteiger partial charge is 0.463 e. The molecule has 2 aromatic heterocycles. The van der Waals surface area contributed by atoms with Crippen molar-refractivity contribution in [1.82, 2.24) is 14.5 Å². The zero-order chi connectivity index (χ0) is 41.6. The van der Waals surface area contributed by atoms with Gasteiger partial charge in [-0.25, -0.2) is 9.78 Å². The summed E-state index contributed by atoms with van der Waals surface area (Å²) in [4.78, 5) is 104. The van der Waals surface area contributed by atoms with Crippen LogP contribution in [-0.4, -0.2) is 117 Å². The molecular formula is C35H42N4O17S. The molecule has 0 aromatic carbocycles. The number of H-pyrrole nitrogens is 1. The van der Waals surface area contributed by atoms with E-state index in [2.05, 4.69) is 15.3 Å². The number of nitrogens with one attached hydrogen (secondary N) is 2. The van der Waals surface area contributed by atoms with Crippen LogP contribution in [0.3, 0.4) is 0 Å². The molecule has 0 aliphatic carbocycles. The Morgan fingerprint density at radius 3 is 2.09 bits per heavy atom. The number of rotatable bonds is 14. The van der Waals surface area contributed by atoms with E-state index in [1.807, 2.05) is 0 Å². The molecule has 21 nitrogen and oxygen atoms in total. The Balaban J connectivity index is 1.16. The zero-order valence-corrected chi connectivity index (χ0v) is 32.5. The van der Waals surface area contributed by atoms with E-state index in [-0.39, 0.29) is 31.7 Å². The number of fused-ring (bicyclic) bond motifs is 1. The summed E-state index contributed by atoms with van der Waals surface area (Å²) in [5.74, 6) is -5.19. The first kappa shape index (κ1) is 43.0. The first-order valence-electron chi connectivity index (χ1n) is 17.6. The molecule has 0 unspecified atom stereocenters. The molecule has 5 rings (SSSR count). The van der Waals surface area contributed by atoms with E-state index in [4.69, 9.17) is 42.6 Å². The van der Waals surface area contributed by atoms with Gasteiger partial charge in [0.05, 0.1) is 23.3 Å². The van der Waals surface area contributed by atoms with Gasteiger partial charge in [0.15, 0.2) is 35.8 Å². The molecule has 3 aliphatic rings. The molecule has 0 spiro atoms. The van der Waals surface area contributed by atoms with Gasteiger partial charge in [-0.1, -0.05) is 11.8 Å². The molecule has 310 valence electrons. The van der Waals surface area contributed by atoms with Gasteiger partial charge in [0.25, 0.3) is 5.56 Å². The van der Waals surface area contributed by atoms with Crippen LogP contribution >= 0.6 is 11.8 Å². The highest BCUT2D eigenvalue weighted by atomic mass is 32.2. The van der Waals surface area contributed by atoms with Gasteiger partial charge in [-0.2, -0.15) is 0 Å². The van der Waals surface area contributed by atoms with Gasteiger partial charge in [-0.15, -0.1) is 0 Å². The molecule has 0 bridgehead atoms. The lowest BCUT2D eigenvalue weighted by atomic mass is 9.99. The number of thioether (sulfide) groups is 1. The quantitative estimate of drug-likeness (QED) is 0.194. The molecular weight excluding hydrogens is 780 g/mol. The van der Waals surface area contributed by atoms with Crippen LogP contribution in [0.1, 0.15) is 60.6 Å². The number of aromatic amines is 1. The summed E-state index contributed by atoms with van der Waals surface area (Å²) < 4.78 is 51.9. The molecule has 0 saturated carbocycles. The average molecular weight is 823 g/mol. The number of ether oxygens (including phenoxy) is 9. The maximum absolute atomic E-state index is 12.7. The number of amides is 1. The lowest BCUT2D eigenvalue weighted by Gasteiger charge is -2.44. The van der Waals surface area contributed by atoms with E-state index < -0.39 is 107 Å². The van der Waals surface area contributed by atoms with Gasteiger partial charge in [0, 0.05) is 46.4 Å². The third-order valence-corrected chi connectivity index (χ3v) is 9.52.